The van der Waals surface area contributed by atoms with E-state index in [1.54, 1.807) is 0 Å². The van der Waals surface area contributed by atoms with Gasteiger partial charge in [-0.2, -0.15) is 5.10 Å². The first kappa shape index (κ1) is 14.2. The van der Waals surface area contributed by atoms with Gasteiger partial charge in [0.05, 0.1) is 12.7 Å². The van der Waals surface area contributed by atoms with Crippen molar-refractivity contribution in [1.29, 1.82) is 0 Å². The highest BCUT2D eigenvalue weighted by molar-refractivity contribution is 5.58. The second-order valence-corrected chi connectivity index (χ2v) is 6.12. The van der Waals surface area contributed by atoms with E-state index in [9.17, 15) is 0 Å². The third kappa shape index (κ3) is 2.92. The van der Waals surface area contributed by atoms with Crippen molar-refractivity contribution in [2.24, 2.45) is 7.05 Å². The van der Waals surface area contributed by atoms with Crippen molar-refractivity contribution in [3.63, 3.8) is 0 Å². The lowest BCUT2D eigenvalue weighted by molar-refractivity contribution is 0.217. The van der Waals surface area contributed by atoms with Crippen LogP contribution in [0.2, 0.25) is 0 Å². The molecule has 0 saturated carbocycles. The monoisotopic (exact) mass is 308 g/mol. The lowest BCUT2D eigenvalue weighted by Gasteiger charge is -2.21. The van der Waals surface area contributed by atoms with Gasteiger partial charge in [0.2, 0.25) is 0 Å². The summed E-state index contributed by atoms with van der Waals surface area (Å²) in [5, 5.41) is 8.51. The normalized spacial score (nSPS) is 18.6. The topological polar surface area (TPSA) is 47.1 Å². The van der Waals surface area contributed by atoms with Gasteiger partial charge in [0, 0.05) is 36.5 Å². The molecule has 1 atom stereocenters. The molecule has 0 N–H and O–H groups in total. The van der Waals surface area contributed by atoms with E-state index in [1.807, 2.05) is 42.2 Å². The highest BCUT2D eigenvalue weighted by atomic mass is 16.5. The quantitative estimate of drug-likeness (QED) is 0.741. The van der Waals surface area contributed by atoms with E-state index in [0.717, 1.165) is 30.1 Å². The number of likely N-dealkylation sites (tertiary alicyclic amines) is 1. The van der Waals surface area contributed by atoms with Crippen LogP contribution < -0.4 is 0 Å². The van der Waals surface area contributed by atoms with Crippen molar-refractivity contribution in [1.82, 2.24) is 19.8 Å². The smallest absolute Gasteiger partial charge is 0.151 e. The summed E-state index contributed by atoms with van der Waals surface area (Å²) in [6.45, 7) is 1.88. The molecule has 1 aliphatic rings. The molecule has 5 nitrogen and oxygen atoms in total. The number of aromatic nitrogens is 3. The average Bonchev–Trinajstić information content (AvgIpc) is 3.29. The van der Waals surface area contributed by atoms with E-state index in [4.69, 9.17) is 4.52 Å². The van der Waals surface area contributed by atoms with Crippen molar-refractivity contribution in [3.05, 3.63) is 60.1 Å². The Kier molecular flexibility index (Phi) is 3.71. The number of rotatable bonds is 4. The van der Waals surface area contributed by atoms with Crippen LogP contribution in [-0.2, 0) is 13.6 Å². The maximum absolute atomic E-state index is 5.56. The Labute approximate surface area is 135 Å². The molecule has 1 aromatic carbocycles. The minimum atomic E-state index is 0.425. The lowest BCUT2D eigenvalue weighted by atomic mass is 10.1. The summed E-state index contributed by atoms with van der Waals surface area (Å²) in [5.41, 5.74) is 3.28. The molecule has 1 aliphatic heterocycles. The largest absolute Gasteiger partial charge is 0.359 e. The summed E-state index contributed by atoms with van der Waals surface area (Å²) >= 11 is 0. The molecule has 4 rings (SSSR count). The van der Waals surface area contributed by atoms with Gasteiger partial charge in [-0.25, -0.2) is 0 Å². The first-order valence-corrected chi connectivity index (χ1v) is 8.03. The molecule has 0 radical (unpaired) electrons. The molecule has 23 heavy (non-hydrogen) atoms. The van der Waals surface area contributed by atoms with Gasteiger partial charge in [-0.15, -0.1) is 0 Å². The van der Waals surface area contributed by atoms with Crippen molar-refractivity contribution >= 4 is 0 Å². The van der Waals surface area contributed by atoms with Gasteiger partial charge in [-0.05, 0) is 19.4 Å². The molecular formula is C18H20N4O. The van der Waals surface area contributed by atoms with Crippen molar-refractivity contribution in [2.75, 3.05) is 6.54 Å². The van der Waals surface area contributed by atoms with Crippen molar-refractivity contribution in [2.45, 2.75) is 25.4 Å². The van der Waals surface area contributed by atoms with Crippen LogP contribution in [0.1, 0.15) is 30.2 Å². The predicted molar refractivity (Wildman–Crippen MR) is 87.5 cm³/mol. The maximum Gasteiger partial charge on any atom is 0.151 e. The molecule has 1 saturated heterocycles. The molecule has 0 bridgehead atoms. The van der Waals surface area contributed by atoms with Gasteiger partial charge in [-0.1, -0.05) is 35.5 Å². The van der Waals surface area contributed by atoms with E-state index in [0.29, 0.717) is 6.04 Å². The number of hydrogen-bond donors (Lipinski definition) is 0. The van der Waals surface area contributed by atoms with E-state index < -0.39 is 0 Å². The van der Waals surface area contributed by atoms with E-state index in [-0.39, 0.29) is 0 Å². The first-order valence-electron chi connectivity index (χ1n) is 8.03. The molecule has 3 aromatic rings. The SMILES string of the molecule is Cn1cc([C@H]2CCCN2Cc2cc(-c3ccccc3)no2)cn1. The minimum Gasteiger partial charge on any atom is -0.359 e. The number of hydrogen-bond acceptors (Lipinski definition) is 4. The van der Waals surface area contributed by atoms with Gasteiger partial charge in [-0.3, -0.25) is 9.58 Å². The molecule has 3 heterocycles. The summed E-state index contributed by atoms with van der Waals surface area (Å²) in [5.74, 6) is 0.916. The van der Waals surface area contributed by atoms with Crippen LogP contribution in [0.5, 0.6) is 0 Å². The molecule has 0 amide bonds. The van der Waals surface area contributed by atoms with Crippen LogP contribution in [0.15, 0.2) is 53.3 Å². The van der Waals surface area contributed by atoms with Crippen LogP contribution in [0, 0.1) is 0 Å². The molecule has 5 heteroatoms. The van der Waals surface area contributed by atoms with Gasteiger partial charge >= 0.3 is 0 Å². The summed E-state index contributed by atoms with van der Waals surface area (Å²) in [6.07, 6.45) is 6.46. The number of nitrogens with zero attached hydrogens (tertiary/aromatic N) is 4. The fourth-order valence-electron chi connectivity index (χ4n) is 3.34. The van der Waals surface area contributed by atoms with Gasteiger partial charge in [0.25, 0.3) is 0 Å². The Morgan fingerprint density at radius 3 is 2.91 bits per heavy atom. The van der Waals surface area contributed by atoms with E-state index >= 15 is 0 Å². The standard InChI is InChI=1S/C18H20N4O/c1-21-12-15(11-19-21)18-8-5-9-22(18)13-16-10-17(20-23-16)14-6-3-2-4-7-14/h2-4,6-7,10-12,18H,5,8-9,13H2,1H3/t18-/m1/s1. The molecule has 2 aromatic heterocycles. The van der Waals surface area contributed by atoms with Gasteiger partial charge in [0.15, 0.2) is 5.76 Å². The van der Waals surface area contributed by atoms with Crippen LogP contribution in [-0.4, -0.2) is 26.4 Å². The highest BCUT2D eigenvalue weighted by Crippen LogP contribution is 2.33. The average molecular weight is 308 g/mol. The van der Waals surface area contributed by atoms with Crippen molar-refractivity contribution < 1.29 is 4.52 Å². The zero-order valence-corrected chi connectivity index (χ0v) is 13.2. The van der Waals surface area contributed by atoms with Gasteiger partial charge < -0.3 is 4.52 Å². The molecule has 0 unspecified atom stereocenters. The molecule has 0 spiro atoms. The van der Waals surface area contributed by atoms with Crippen molar-refractivity contribution in [3.8, 4) is 11.3 Å². The molecule has 118 valence electrons. The highest BCUT2D eigenvalue weighted by Gasteiger charge is 2.28. The molecule has 0 aliphatic carbocycles. The second kappa shape index (κ2) is 6.01. The lowest BCUT2D eigenvalue weighted by Crippen LogP contribution is -2.22. The fraction of sp³-hybridized carbons (Fsp3) is 0.333. The van der Waals surface area contributed by atoms with E-state index in [1.165, 1.54) is 18.4 Å². The van der Waals surface area contributed by atoms with Gasteiger partial charge in [0.1, 0.15) is 5.69 Å². The molecular weight excluding hydrogens is 288 g/mol. The summed E-state index contributed by atoms with van der Waals surface area (Å²) in [7, 11) is 1.96. The Bertz CT molecular complexity index is 777. The third-order valence-electron chi connectivity index (χ3n) is 4.46. The Hall–Kier alpha value is -2.40. The zero-order valence-electron chi connectivity index (χ0n) is 13.2. The predicted octanol–water partition coefficient (Wildman–Crippen LogP) is 3.41. The summed E-state index contributed by atoms with van der Waals surface area (Å²) in [6, 6.07) is 12.6. The third-order valence-corrected chi connectivity index (χ3v) is 4.46. The van der Waals surface area contributed by atoms with Crippen LogP contribution in [0.25, 0.3) is 11.3 Å². The second-order valence-electron chi connectivity index (χ2n) is 6.12. The fourth-order valence-corrected chi connectivity index (χ4v) is 3.34. The first-order chi connectivity index (χ1) is 11.3. The van der Waals surface area contributed by atoms with Crippen LogP contribution >= 0.6 is 0 Å². The number of benzene rings is 1. The zero-order chi connectivity index (χ0) is 15.6. The van der Waals surface area contributed by atoms with Crippen LogP contribution in [0.4, 0.5) is 0 Å². The Morgan fingerprint density at radius 1 is 1.26 bits per heavy atom. The summed E-state index contributed by atoms with van der Waals surface area (Å²) < 4.78 is 7.43. The minimum absolute atomic E-state index is 0.425. The van der Waals surface area contributed by atoms with E-state index in [2.05, 4.69) is 33.5 Å². The Morgan fingerprint density at radius 2 is 2.13 bits per heavy atom. The summed E-state index contributed by atoms with van der Waals surface area (Å²) in [4.78, 5) is 2.45. The molecule has 1 fully saturated rings. The van der Waals surface area contributed by atoms with Crippen LogP contribution in [0.3, 0.4) is 0 Å². The number of aryl methyl sites for hydroxylation is 1. The Balaban J connectivity index is 1.50. The maximum atomic E-state index is 5.56.